The number of fused-ring (bicyclic) bond motifs is 1. The van der Waals surface area contributed by atoms with Crippen LogP contribution in [0.1, 0.15) is 19.4 Å². The van der Waals surface area contributed by atoms with E-state index >= 15 is 0 Å². The van der Waals surface area contributed by atoms with Crippen LogP contribution in [-0.2, 0) is 9.53 Å². The minimum atomic E-state index is -0.691. The summed E-state index contributed by atoms with van der Waals surface area (Å²) in [5.74, 6) is 0.0293. The molecule has 0 spiro atoms. The van der Waals surface area contributed by atoms with E-state index in [0.717, 1.165) is 11.3 Å². The fourth-order valence-electron chi connectivity index (χ4n) is 1.54. The fraction of sp³-hybridized carbons (Fsp3) is 0.273. The average molecular weight is 237 g/mol. The zero-order valence-corrected chi connectivity index (χ0v) is 10.0. The predicted molar refractivity (Wildman–Crippen MR) is 64.3 cm³/mol. The van der Waals surface area contributed by atoms with E-state index in [9.17, 15) is 4.79 Å². The van der Waals surface area contributed by atoms with Crippen molar-refractivity contribution in [2.75, 3.05) is 5.32 Å². The van der Waals surface area contributed by atoms with Crippen LogP contribution >= 0.6 is 8.86 Å². The first-order chi connectivity index (χ1) is 7.52. The summed E-state index contributed by atoms with van der Waals surface area (Å²) >= 11 is 0. The van der Waals surface area contributed by atoms with Gasteiger partial charge in [-0.3, -0.25) is 9.53 Å². The van der Waals surface area contributed by atoms with Crippen molar-refractivity contribution in [2.45, 2.75) is 19.6 Å². The molecule has 1 N–H and O–H groups in total. The van der Waals surface area contributed by atoms with Gasteiger partial charge in [-0.1, -0.05) is 8.86 Å². The maximum atomic E-state index is 10.3. The number of anilines is 1. The molecule has 2 rings (SSSR count). The summed E-state index contributed by atoms with van der Waals surface area (Å²) in [7, 11) is 3.40. The molecule has 1 aromatic carbocycles. The van der Waals surface area contributed by atoms with Crippen LogP contribution in [-0.4, -0.2) is 17.7 Å². The van der Waals surface area contributed by atoms with Crippen molar-refractivity contribution in [1.82, 2.24) is 0 Å². The summed E-state index contributed by atoms with van der Waals surface area (Å²) in [6, 6.07) is 5.35. The Balaban J connectivity index is 2.41. The second-order valence-corrected chi connectivity index (χ2v) is 4.36. The summed E-state index contributed by atoms with van der Waals surface area (Å²) in [5.41, 5.74) is 2.07. The van der Waals surface area contributed by atoms with E-state index in [-0.39, 0.29) is 0 Å². The molecule has 0 atom stereocenters. The standard InChI is InChI=1S/C11H12NO3P/c1-11(2)14-9-4-3-7(12-6-13)5-8(9)10(16)15-11/h3-6,16H,1-2H3,(H,12,13). The largest absolute Gasteiger partial charge is 0.462 e. The van der Waals surface area contributed by atoms with Crippen LogP contribution in [0.25, 0.3) is 0 Å². The normalized spacial score (nSPS) is 17.2. The Morgan fingerprint density at radius 3 is 2.81 bits per heavy atom. The Hall–Kier alpha value is -1.38. The maximum absolute atomic E-state index is 10.3. The van der Waals surface area contributed by atoms with Crippen molar-refractivity contribution < 1.29 is 14.3 Å². The summed E-state index contributed by atoms with van der Waals surface area (Å²) in [4.78, 5) is 10.3. The molecule has 0 aromatic heterocycles. The molecule has 0 unspecified atom stereocenters. The highest BCUT2D eigenvalue weighted by molar-refractivity contribution is 7.21. The fourth-order valence-corrected chi connectivity index (χ4v) is 1.98. The van der Waals surface area contributed by atoms with Gasteiger partial charge in [0, 0.05) is 19.5 Å². The van der Waals surface area contributed by atoms with E-state index in [4.69, 9.17) is 9.47 Å². The summed E-state index contributed by atoms with van der Waals surface area (Å²) in [6.07, 6.45) is 0.629. The van der Waals surface area contributed by atoms with Crippen molar-refractivity contribution in [2.24, 2.45) is 0 Å². The van der Waals surface area contributed by atoms with Crippen molar-refractivity contribution in [3.8, 4) is 5.75 Å². The lowest BCUT2D eigenvalue weighted by atomic mass is 10.1. The highest BCUT2D eigenvalue weighted by Crippen LogP contribution is 2.33. The minimum Gasteiger partial charge on any atom is -0.462 e. The highest BCUT2D eigenvalue weighted by atomic mass is 31.0. The number of ether oxygens (including phenoxy) is 2. The molecule has 1 heterocycles. The first-order valence-corrected chi connectivity index (χ1v) is 5.33. The molecule has 0 bridgehead atoms. The molecule has 1 amide bonds. The van der Waals surface area contributed by atoms with Crippen LogP contribution in [0.2, 0.25) is 0 Å². The lowest BCUT2D eigenvalue weighted by Crippen LogP contribution is -2.38. The zero-order chi connectivity index (χ0) is 11.8. The van der Waals surface area contributed by atoms with E-state index in [1.165, 1.54) is 0 Å². The van der Waals surface area contributed by atoms with Crippen molar-refractivity contribution in [1.29, 1.82) is 0 Å². The number of amides is 1. The van der Waals surface area contributed by atoms with Crippen LogP contribution in [0.4, 0.5) is 5.69 Å². The average Bonchev–Trinajstić information content (AvgIpc) is 2.18. The third kappa shape index (κ3) is 2.08. The third-order valence-electron chi connectivity index (χ3n) is 2.15. The topological polar surface area (TPSA) is 47.6 Å². The Morgan fingerprint density at radius 1 is 1.38 bits per heavy atom. The number of nitrogens with one attached hydrogen (secondary N) is 1. The number of carbonyl (C=O) groups is 1. The van der Waals surface area contributed by atoms with Crippen LogP contribution in [0, 0.1) is 0 Å². The van der Waals surface area contributed by atoms with Gasteiger partial charge in [0.25, 0.3) is 0 Å². The SMILES string of the molecule is CC1(C)OC(=P)c2cc(NC=O)ccc2O1. The molecule has 4 nitrogen and oxygen atoms in total. The van der Waals surface area contributed by atoms with Gasteiger partial charge in [-0.15, -0.1) is 0 Å². The third-order valence-corrected chi connectivity index (χ3v) is 2.52. The molecule has 5 heteroatoms. The molecule has 0 radical (unpaired) electrons. The Bertz CT molecular complexity index is 457. The van der Waals surface area contributed by atoms with Crippen LogP contribution in [0.5, 0.6) is 5.75 Å². The quantitative estimate of drug-likeness (QED) is 0.632. The van der Waals surface area contributed by atoms with Gasteiger partial charge in [0.2, 0.25) is 12.2 Å². The molecule has 1 aliphatic rings. The molecule has 0 fully saturated rings. The molecule has 1 aromatic rings. The van der Waals surface area contributed by atoms with Gasteiger partial charge < -0.3 is 10.1 Å². The first-order valence-electron chi connectivity index (χ1n) is 4.83. The van der Waals surface area contributed by atoms with Gasteiger partial charge >= 0.3 is 0 Å². The van der Waals surface area contributed by atoms with Crippen LogP contribution < -0.4 is 10.1 Å². The number of rotatable bonds is 2. The highest BCUT2D eigenvalue weighted by Gasteiger charge is 2.30. The molecule has 16 heavy (non-hydrogen) atoms. The van der Waals surface area contributed by atoms with Gasteiger partial charge in [-0.25, -0.2) is 0 Å². The number of carbonyl (C=O) groups excluding carboxylic acids is 1. The molecule has 1 aliphatic heterocycles. The first kappa shape index (κ1) is 11.1. The van der Waals surface area contributed by atoms with E-state index in [2.05, 4.69) is 14.2 Å². The Kier molecular flexibility index (Phi) is 2.70. The van der Waals surface area contributed by atoms with E-state index in [1.807, 2.05) is 13.8 Å². The predicted octanol–water partition coefficient (Wildman–Crippen LogP) is 2.02. The molecular weight excluding hydrogens is 225 g/mol. The van der Waals surface area contributed by atoms with Gasteiger partial charge in [0.1, 0.15) is 11.2 Å². The van der Waals surface area contributed by atoms with E-state index < -0.39 is 5.79 Å². The van der Waals surface area contributed by atoms with Gasteiger partial charge in [0.05, 0.1) is 5.56 Å². The van der Waals surface area contributed by atoms with Crippen molar-refractivity contribution in [3.63, 3.8) is 0 Å². The second-order valence-electron chi connectivity index (χ2n) is 3.91. The van der Waals surface area contributed by atoms with Crippen LogP contribution in [0.15, 0.2) is 18.2 Å². The molecule has 84 valence electrons. The minimum absolute atomic E-state index is 0.598. The van der Waals surface area contributed by atoms with Gasteiger partial charge in [-0.05, 0) is 18.2 Å². The monoisotopic (exact) mass is 237 g/mol. The zero-order valence-electron chi connectivity index (χ0n) is 9.03. The van der Waals surface area contributed by atoms with Crippen molar-refractivity contribution >= 4 is 26.4 Å². The summed E-state index contributed by atoms with van der Waals surface area (Å²) in [5, 5.41) is 2.57. The van der Waals surface area contributed by atoms with Crippen LogP contribution in [0.3, 0.4) is 0 Å². The number of benzene rings is 1. The van der Waals surface area contributed by atoms with Crippen molar-refractivity contribution in [3.05, 3.63) is 23.8 Å². The van der Waals surface area contributed by atoms with Gasteiger partial charge in [-0.2, -0.15) is 0 Å². The summed E-state index contributed by atoms with van der Waals surface area (Å²) in [6.45, 7) is 3.65. The maximum Gasteiger partial charge on any atom is 0.211 e. The molecule has 0 saturated heterocycles. The molecule has 0 aliphatic carbocycles. The lowest BCUT2D eigenvalue weighted by Gasteiger charge is -2.33. The summed E-state index contributed by atoms with van der Waals surface area (Å²) < 4.78 is 11.2. The smallest absolute Gasteiger partial charge is 0.211 e. The molecular formula is C11H12NO3P. The van der Waals surface area contributed by atoms with E-state index in [1.54, 1.807) is 18.2 Å². The Morgan fingerprint density at radius 2 is 2.12 bits per heavy atom. The number of hydrogen-bond donors (Lipinski definition) is 1. The Labute approximate surface area is 95.8 Å². The lowest BCUT2D eigenvalue weighted by molar-refractivity contribution is -0.105. The molecule has 0 saturated carbocycles. The van der Waals surface area contributed by atoms with E-state index in [0.29, 0.717) is 17.6 Å². The number of hydrogen-bond acceptors (Lipinski definition) is 3. The second kappa shape index (κ2) is 3.89. The van der Waals surface area contributed by atoms with Gasteiger partial charge in [0.15, 0.2) is 0 Å².